The number of nitrogens with zero attached hydrogens (tertiary/aromatic N) is 1. The molecule has 1 unspecified atom stereocenters. The zero-order valence-corrected chi connectivity index (χ0v) is 15.7. The van der Waals surface area contributed by atoms with E-state index in [0.29, 0.717) is 33.8 Å². The summed E-state index contributed by atoms with van der Waals surface area (Å²) in [6.45, 7) is 1.82. The molecule has 3 nitrogen and oxygen atoms in total. The van der Waals surface area contributed by atoms with Crippen molar-refractivity contribution in [2.45, 2.75) is 31.9 Å². The van der Waals surface area contributed by atoms with Crippen molar-refractivity contribution in [2.24, 2.45) is 0 Å². The highest BCUT2D eigenvalue weighted by atomic mass is 35.5. The molecule has 7 heteroatoms. The Kier molecular flexibility index (Phi) is 5.48. The molecule has 0 aromatic heterocycles. The molecule has 1 N–H and O–H groups in total. The summed E-state index contributed by atoms with van der Waals surface area (Å²) < 4.78 is 38.8. The van der Waals surface area contributed by atoms with Gasteiger partial charge in [-0.2, -0.15) is 18.4 Å². The van der Waals surface area contributed by atoms with Crippen molar-refractivity contribution in [1.29, 1.82) is 5.26 Å². The topological polar surface area (TPSA) is 52.9 Å². The predicted octanol–water partition coefficient (Wildman–Crippen LogP) is 6.06. The van der Waals surface area contributed by atoms with E-state index in [-0.39, 0.29) is 23.8 Å². The van der Waals surface area contributed by atoms with Gasteiger partial charge in [-0.25, -0.2) is 0 Å². The molecule has 1 aliphatic rings. The lowest BCUT2D eigenvalue weighted by Gasteiger charge is -2.18. The summed E-state index contributed by atoms with van der Waals surface area (Å²) in [4.78, 5) is 12.5. The van der Waals surface area contributed by atoms with E-state index in [2.05, 4.69) is 5.32 Å². The fourth-order valence-electron chi connectivity index (χ4n) is 3.36. The highest BCUT2D eigenvalue weighted by Crippen LogP contribution is 2.38. The van der Waals surface area contributed by atoms with Crippen LogP contribution in [0.2, 0.25) is 5.02 Å². The Labute approximate surface area is 165 Å². The fourth-order valence-corrected chi connectivity index (χ4v) is 3.70. The van der Waals surface area contributed by atoms with Crippen molar-refractivity contribution >= 4 is 23.1 Å². The van der Waals surface area contributed by atoms with Crippen LogP contribution in [0, 0.1) is 11.3 Å². The van der Waals surface area contributed by atoms with E-state index in [1.807, 2.05) is 13.0 Å². The second-order valence-corrected chi connectivity index (χ2v) is 7.00. The van der Waals surface area contributed by atoms with Crippen LogP contribution in [0.5, 0.6) is 0 Å². The molecule has 0 heterocycles. The molecule has 3 rings (SSSR count). The van der Waals surface area contributed by atoms with Crippen LogP contribution in [0.4, 0.5) is 18.9 Å². The molecule has 1 atom stereocenters. The van der Waals surface area contributed by atoms with E-state index in [1.165, 1.54) is 18.2 Å². The molecule has 144 valence electrons. The molecule has 1 aliphatic carbocycles. The third-order valence-corrected chi connectivity index (χ3v) is 5.07. The SMILES string of the molecule is CC(C1=C(Nc2cccc(C(F)(F)F)c2)CCC1=O)c1ccc(C#N)cc1Cl. The Morgan fingerprint density at radius 3 is 2.57 bits per heavy atom. The fraction of sp³-hybridized carbons (Fsp3) is 0.238. The number of carbonyl (C=O) groups is 1. The molecule has 0 fully saturated rings. The number of allylic oxidation sites excluding steroid dienone is 2. The van der Waals surface area contributed by atoms with Crippen LogP contribution in [0.3, 0.4) is 0 Å². The maximum Gasteiger partial charge on any atom is 0.416 e. The highest BCUT2D eigenvalue weighted by Gasteiger charge is 2.32. The minimum Gasteiger partial charge on any atom is -0.359 e. The number of hydrogen-bond acceptors (Lipinski definition) is 3. The maximum atomic E-state index is 12.9. The first kappa shape index (κ1) is 20.0. The number of Topliss-reactive ketones (excluding diaryl/α,β-unsaturated/α-hetero) is 1. The van der Waals surface area contributed by atoms with Gasteiger partial charge in [0.1, 0.15) is 0 Å². The molecule has 0 radical (unpaired) electrons. The van der Waals surface area contributed by atoms with E-state index >= 15 is 0 Å². The van der Waals surface area contributed by atoms with E-state index in [0.717, 1.165) is 12.1 Å². The van der Waals surface area contributed by atoms with Gasteiger partial charge in [-0.3, -0.25) is 4.79 Å². The molecule has 2 aromatic rings. The van der Waals surface area contributed by atoms with Crippen molar-refractivity contribution in [2.75, 3.05) is 5.32 Å². The summed E-state index contributed by atoms with van der Waals surface area (Å²) in [6.07, 6.45) is -3.73. The average Bonchev–Trinajstić information content (AvgIpc) is 3.00. The lowest BCUT2D eigenvalue weighted by molar-refractivity contribution is -0.137. The number of rotatable bonds is 4. The third kappa shape index (κ3) is 4.05. The number of anilines is 1. The molecule has 0 saturated carbocycles. The highest BCUT2D eigenvalue weighted by molar-refractivity contribution is 6.31. The van der Waals surface area contributed by atoms with Crippen LogP contribution in [0.15, 0.2) is 53.7 Å². The number of nitriles is 1. The largest absolute Gasteiger partial charge is 0.416 e. The lowest BCUT2D eigenvalue weighted by Crippen LogP contribution is -2.10. The van der Waals surface area contributed by atoms with Crippen LogP contribution in [0.25, 0.3) is 0 Å². The monoisotopic (exact) mass is 404 g/mol. The van der Waals surface area contributed by atoms with Gasteiger partial charge in [0.05, 0.1) is 17.2 Å². The van der Waals surface area contributed by atoms with Gasteiger partial charge in [0, 0.05) is 34.3 Å². The smallest absolute Gasteiger partial charge is 0.359 e. The van der Waals surface area contributed by atoms with Crippen LogP contribution < -0.4 is 5.32 Å². The van der Waals surface area contributed by atoms with Gasteiger partial charge >= 0.3 is 6.18 Å². The number of benzene rings is 2. The Morgan fingerprint density at radius 1 is 1.18 bits per heavy atom. The van der Waals surface area contributed by atoms with Crippen LogP contribution in [-0.2, 0) is 11.0 Å². The van der Waals surface area contributed by atoms with Gasteiger partial charge in [0.15, 0.2) is 5.78 Å². The third-order valence-electron chi connectivity index (χ3n) is 4.74. The quantitative estimate of drug-likeness (QED) is 0.673. The molecule has 0 amide bonds. The zero-order valence-electron chi connectivity index (χ0n) is 14.9. The minimum absolute atomic E-state index is 0.0672. The summed E-state index contributed by atoms with van der Waals surface area (Å²) in [6, 6.07) is 11.7. The Balaban J connectivity index is 1.96. The second-order valence-electron chi connectivity index (χ2n) is 6.59. The second kappa shape index (κ2) is 7.69. The maximum absolute atomic E-state index is 12.9. The summed E-state index contributed by atoms with van der Waals surface area (Å²) in [5, 5.41) is 12.3. The van der Waals surface area contributed by atoms with Crippen LogP contribution >= 0.6 is 11.6 Å². The molecular weight excluding hydrogens is 389 g/mol. The lowest BCUT2D eigenvalue weighted by atomic mass is 9.90. The zero-order chi connectivity index (χ0) is 20.5. The Morgan fingerprint density at radius 2 is 1.93 bits per heavy atom. The number of halogens is 4. The van der Waals surface area contributed by atoms with Crippen LogP contribution in [-0.4, -0.2) is 5.78 Å². The molecule has 0 bridgehead atoms. The summed E-state index contributed by atoms with van der Waals surface area (Å²) in [5.74, 6) is -0.425. The Hall–Kier alpha value is -2.78. The summed E-state index contributed by atoms with van der Waals surface area (Å²) in [5.41, 5.74) is 1.72. The average molecular weight is 405 g/mol. The van der Waals surface area contributed by atoms with Gasteiger partial charge in [-0.1, -0.05) is 30.7 Å². The number of ketones is 1. The number of hydrogen-bond donors (Lipinski definition) is 1. The van der Waals surface area contributed by atoms with Gasteiger partial charge < -0.3 is 5.32 Å². The van der Waals surface area contributed by atoms with Crippen molar-refractivity contribution in [3.8, 4) is 6.07 Å². The Bertz CT molecular complexity index is 1010. The standard InChI is InChI=1S/C21H16ClF3N2O/c1-12(16-6-5-13(11-26)9-17(16)22)20-18(7-8-19(20)28)27-15-4-2-3-14(10-15)21(23,24)25/h2-6,9-10,12,27H,7-8H2,1H3. The van der Waals surface area contributed by atoms with E-state index < -0.39 is 11.7 Å². The number of carbonyl (C=O) groups excluding carboxylic acids is 1. The van der Waals surface area contributed by atoms with Crippen molar-refractivity contribution in [3.63, 3.8) is 0 Å². The molecule has 0 spiro atoms. The molecule has 0 aliphatic heterocycles. The summed E-state index contributed by atoms with van der Waals surface area (Å²) in [7, 11) is 0. The first-order valence-corrected chi connectivity index (χ1v) is 8.98. The molecular formula is C21H16ClF3N2O. The van der Waals surface area contributed by atoms with E-state index in [9.17, 15) is 18.0 Å². The molecule has 0 saturated heterocycles. The first-order valence-electron chi connectivity index (χ1n) is 8.60. The number of alkyl halides is 3. The number of nitrogens with one attached hydrogen (secondary N) is 1. The van der Waals surface area contributed by atoms with Gasteiger partial charge in [0.25, 0.3) is 0 Å². The molecule has 28 heavy (non-hydrogen) atoms. The van der Waals surface area contributed by atoms with Gasteiger partial charge in [-0.05, 0) is 42.3 Å². The molecule has 2 aromatic carbocycles. The van der Waals surface area contributed by atoms with E-state index in [1.54, 1.807) is 12.1 Å². The van der Waals surface area contributed by atoms with Crippen molar-refractivity contribution in [1.82, 2.24) is 0 Å². The first-order chi connectivity index (χ1) is 13.2. The predicted molar refractivity (Wildman–Crippen MR) is 101 cm³/mol. The van der Waals surface area contributed by atoms with Crippen molar-refractivity contribution < 1.29 is 18.0 Å². The van der Waals surface area contributed by atoms with Crippen LogP contribution in [0.1, 0.15) is 42.4 Å². The normalized spacial score (nSPS) is 15.5. The minimum atomic E-state index is -4.44. The van der Waals surface area contributed by atoms with Crippen molar-refractivity contribution in [3.05, 3.63) is 75.4 Å². The van der Waals surface area contributed by atoms with Gasteiger partial charge in [0.2, 0.25) is 0 Å². The van der Waals surface area contributed by atoms with Gasteiger partial charge in [-0.15, -0.1) is 0 Å². The van der Waals surface area contributed by atoms with E-state index in [4.69, 9.17) is 16.9 Å². The summed E-state index contributed by atoms with van der Waals surface area (Å²) >= 11 is 6.28.